The molecule has 0 aliphatic heterocycles. The van der Waals surface area contributed by atoms with Gasteiger partial charge in [-0.3, -0.25) is 4.79 Å². The summed E-state index contributed by atoms with van der Waals surface area (Å²) in [5.74, 6) is -0.325. The molecule has 110 valence electrons. The molecule has 0 unspecified atom stereocenters. The van der Waals surface area contributed by atoms with E-state index in [0.29, 0.717) is 12.2 Å². The minimum Gasteiger partial charge on any atom is -0.480 e. The second-order valence-corrected chi connectivity index (χ2v) is 6.93. The van der Waals surface area contributed by atoms with Crippen LogP contribution in [-0.2, 0) is 9.59 Å². The molecule has 20 heavy (non-hydrogen) atoms. The summed E-state index contributed by atoms with van der Waals surface area (Å²) in [6, 6.07) is 6.81. The van der Waals surface area contributed by atoms with Crippen LogP contribution in [0.1, 0.15) is 6.42 Å². The largest absolute Gasteiger partial charge is 0.480 e. The standard InChI is InChI=1S/C13H16BrNO3S2/c1-19-7-6-11(13(17)18)15-12(16)8-20-10-4-2-9(14)3-5-10/h2-5,11H,6-8H2,1H3,(H,15,16)(H,17,18)/t11-/m1/s1. The van der Waals surface area contributed by atoms with Gasteiger partial charge in [-0.1, -0.05) is 15.9 Å². The summed E-state index contributed by atoms with van der Waals surface area (Å²) in [6.07, 6.45) is 2.34. The molecular formula is C13H16BrNO3S2. The molecule has 0 aromatic heterocycles. The van der Waals surface area contributed by atoms with E-state index in [-0.39, 0.29) is 11.7 Å². The average molecular weight is 378 g/mol. The Morgan fingerprint density at radius 2 is 2.00 bits per heavy atom. The highest BCUT2D eigenvalue weighted by atomic mass is 79.9. The van der Waals surface area contributed by atoms with Crippen molar-refractivity contribution >= 4 is 51.3 Å². The van der Waals surface area contributed by atoms with Crippen molar-refractivity contribution in [3.63, 3.8) is 0 Å². The lowest BCUT2D eigenvalue weighted by molar-refractivity contribution is -0.141. The summed E-state index contributed by atoms with van der Waals surface area (Å²) >= 11 is 6.29. The van der Waals surface area contributed by atoms with Crippen LogP contribution >= 0.6 is 39.5 Å². The topological polar surface area (TPSA) is 66.4 Å². The number of amides is 1. The molecule has 4 nitrogen and oxygen atoms in total. The number of carboxylic acids is 1. The second kappa shape index (κ2) is 9.31. The number of carbonyl (C=O) groups excluding carboxylic acids is 1. The number of hydrogen-bond donors (Lipinski definition) is 2. The Morgan fingerprint density at radius 1 is 1.35 bits per heavy atom. The van der Waals surface area contributed by atoms with Gasteiger partial charge in [0, 0.05) is 9.37 Å². The van der Waals surface area contributed by atoms with Crippen molar-refractivity contribution in [3.05, 3.63) is 28.7 Å². The van der Waals surface area contributed by atoms with Gasteiger partial charge in [-0.05, 0) is 42.7 Å². The van der Waals surface area contributed by atoms with Crippen molar-refractivity contribution in [3.8, 4) is 0 Å². The Labute approximate surface area is 135 Å². The fourth-order valence-corrected chi connectivity index (χ4v) is 2.85. The molecule has 1 aromatic carbocycles. The number of carbonyl (C=O) groups is 2. The van der Waals surface area contributed by atoms with E-state index in [9.17, 15) is 9.59 Å². The van der Waals surface area contributed by atoms with Crippen LogP contribution < -0.4 is 5.32 Å². The van der Waals surface area contributed by atoms with Crippen LogP contribution in [0, 0.1) is 0 Å². The van der Waals surface area contributed by atoms with Gasteiger partial charge >= 0.3 is 5.97 Å². The summed E-state index contributed by atoms with van der Waals surface area (Å²) in [5, 5.41) is 11.6. The highest BCUT2D eigenvalue weighted by Crippen LogP contribution is 2.20. The number of thioether (sulfide) groups is 2. The Bertz CT molecular complexity index is 453. The van der Waals surface area contributed by atoms with Crippen LogP contribution in [-0.4, -0.2) is 40.8 Å². The van der Waals surface area contributed by atoms with Gasteiger partial charge < -0.3 is 10.4 Å². The number of rotatable bonds is 8. The first-order chi connectivity index (χ1) is 9.52. The Kier molecular flexibility index (Phi) is 8.09. The van der Waals surface area contributed by atoms with E-state index in [2.05, 4.69) is 21.2 Å². The van der Waals surface area contributed by atoms with Crippen molar-refractivity contribution in [2.75, 3.05) is 17.8 Å². The van der Waals surface area contributed by atoms with Crippen LogP contribution in [0.3, 0.4) is 0 Å². The molecule has 0 radical (unpaired) electrons. The summed E-state index contributed by atoms with van der Waals surface area (Å²) in [7, 11) is 0. The maximum absolute atomic E-state index is 11.7. The van der Waals surface area contributed by atoms with Crippen LogP contribution in [0.25, 0.3) is 0 Å². The molecule has 0 saturated carbocycles. The first kappa shape index (κ1) is 17.4. The van der Waals surface area contributed by atoms with Gasteiger partial charge in [-0.15, -0.1) is 11.8 Å². The first-order valence-electron chi connectivity index (χ1n) is 5.92. The van der Waals surface area contributed by atoms with Crippen LogP contribution in [0.2, 0.25) is 0 Å². The molecular weight excluding hydrogens is 362 g/mol. The van der Waals surface area contributed by atoms with Crippen molar-refractivity contribution in [1.82, 2.24) is 5.32 Å². The molecule has 1 atom stereocenters. The first-order valence-corrected chi connectivity index (χ1v) is 9.09. The molecule has 1 amide bonds. The number of aliphatic carboxylic acids is 1. The van der Waals surface area contributed by atoms with Crippen molar-refractivity contribution in [1.29, 1.82) is 0 Å². The van der Waals surface area contributed by atoms with Gasteiger partial charge in [0.25, 0.3) is 0 Å². The minimum atomic E-state index is -0.985. The summed E-state index contributed by atoms with van der Waals surface area (Å²) in [5.41, 5.74) is 0. The van der Waals surface area contributed by atoms with Gasteiger partial charge in [0.1, 0.15) is 6.04 Å². The average Bonchev–Trinajstić information content (AvgIpc) is 2.42. The maximum atomic E-state index is 11.7. The Hall–Kier alpha value is -0.660. The van der Waals surface area contributed by atoms with Crippen LogP contribution in [0.15, 0.2) is 33.6 Å². The fourth-order valence-electron chi connectivity index (χ4n) is 1.41. The highest BCUT2D eigenvalue weighted by molar-refractivity contribution is 9.10. The molecule has 2 N–H and O–H groups in total. The Balaban J connectivity index is 2.41. The number of nitrogens with one attached hydrogen (secondary N) is 1. The molecule has 0 spiro atoms. The lowest BCUT2D eigenvalue weighted by Gasteiger charge is -2.13. The fraction of sp³-hybridized carbons (Fsp3) is 0.385. The van der Waals surface area contributed by atoms with Gasteiger partial charge in [0.2, 0.25) is 5.91 Å². The van der Waals surface area contributed by atoms with E-state index in [0.717, 1.165) is 9.37 Å². The Morgan fingerprint density at radius 3 is 2.55 bits per heavy atom. The molecule has 7 heteroatoms. The number of carboxylic acid groups (broad SMARTS) is 1. The number of benzene rings is 1. The zero-order valence-electron chi connectivity index (χ0n) is 11.0. The van der Waals surface area contributed by atoms with Crippen LogP contribution in [0.5, 0.6) is 0 Å². The van der Waals surface area contributed by atoms with Gasteiger partial charge in [0.15, 0.2) is 0 Å². The zero-order valence-corrected chi connectivity index (χ0v) is 14.2. The van der Waals surface area contributed by atoms with Crippen molar-refractivity contribution in [2.24, 2.45) is 0 Å². The molecule has 1 rings (SSSR count). The van der Waals surface area contributed by atoms with Gasteiger partial charge in [-0.2, -0.15) is 11.8 Å². The molecule has 0 heterocycles. The van der Waals surface area contributed by atoms with E-state index in [1.165, 1.54) is 11.8 Å². The lowest BCUT2D eigenvalue weighted by Crippen LogP contribution is -2.42. The zero-order chi connectivity index (χ0) is 15.0. The van der Waals surface area contributed by atoms with E-state index < -0.39 is 12.0 Å². The van der Waals surface area contributed by atoms with E-state index in [1.54, 1.807) is 11.8 Å². The monoisotopic (exact) mass is 377 g/mol. The predicted octanol–water partition coefficient (Wildman–Crippen LogP) is 2.86. The molecule has 0 aliphatic carbocycles. The van der Waals surface area contributed by atoms with Crippen LogP contribution in [0.4, 0.5) is 0 Å². The normalized spacial score (nSPS) is 11.9. The third kappa shape index (κ3) is 6.67. The number of hydrogen-bond acceptors (Lipinski definition) is 4. The third-order valence-electron chi connectivity index (χ3n) is 2.43. The van der Waals surface area contributed by atoms with E-state index in [1.807, 2.05) is 30.5 Å². The van der Waals surface area contributed by atoms with E-state index in [4.69, 9.17) is 5.11 Å². The van der Waals surface area contributed by atoms with Gasteiger partial charge in [-0.25, -0.2) is 4.79 Å². The predicted molar refractivity (Wildman–Crippen MR) is 87.4 cm³/mol. The van der Waals surface area contributed by atoms with Crippen molar-refractivity contribution in [2.45, 2.75) is 17.4 Å². The summed E-state index contributed by atoms with van der Waals surface area (Å²) in [6.45, 7) is 0. The van der Waals surface area contributed by atoms with E-state index >= 15 is 0 Å². The number of halogens is 1. The smallest absolute Gasteiger partial charge is 0.326 e. The van der Waals surface area contributed by atoms with Gasteiger partial charge in [0.05, 0.1) is 5.75 Å². The molecule has 0 bridgehead atoms. The summed E-state index contributed by atoms with van der Waals surface area (Å²) < 4.78 is 0.981. The minimum absolute atomic E-state index is 0.213. The summed E-state index contributed by atoms with van der Waals surface area (Å²) in [4.78, 5) is 23.7. The lowest BCUT2D eigenvalue weighted by atomic mass is 10.2. The molecule has 0 saturated heterocycles. The third-order valence-corrected chi connectivity index (χ3v) is 4.61. The molecule has 0 fully saturated rings. The van der Waals surface area contributed by atoms with Crippen molar-refractivity contribution < 1.29 is 14.7 Å². The molecule has 0 aliphatic rings. The quantitative estimate of drug-likeness (QED) is 0.681. The SMILES string of the molecule is CSCC[C@@H](NC(=O)CSc1ccc(Br)cc1)C(=O)O. The maximum Gasteiger partial charge on any atom is 0.326 e. The highest BCUT2D eigenvalue weighted by Gasteiger charge is 2.19. The molecule has 1 aromatic rings. The second-order valence-electron chi connectivity index (χ2n) is 3.98.